The Labute approximate surface area is 89.0 Å². The molecule has 0 fully saturated rings. The highest BCUT2D eigenvalue weighted by atomic mass is 16.5. The molecule has 2 heteroatoms. The van der Waals surface area contributed by atoms with Gasteiger partial charge < -0.3 is 9.47 Å². The average Bonchev–Trinajstić information content (AvgIpc) is 2.02. The van der Waals surface area contributed by atoms with Gasteiger partial charge in [0.15, 0.2) is 0 Å². The normalized spacial score (nSPS) is 13.9. The lowest BCUT2D eigenvalue weighted by atomic mass is 10.1. The number of hydrogen-bond acceptors (Lipinski definition) is 2. The van der Waals surface area contributed by atoms with E-state index in [0.29, 0.717) is 18.3 Å². The van der Waals surface area contributed by atoms with Crippen LogP contribution in [0.15, 0.2) is 0 Å². The van der Waals surface area contributed by atoms with Crippen molar-refractivity contribution in [2.45, 2.75) is 72.2 Å². The Balaban J connectivity index is 3.61. The highest BCUT2D eigenvalue weighted by Crippen LogP contribution is 2.10. The molecule has 2 nitrogen and oxygen atoms in total. The van der Waals surface area contributed by atoms with Gasteiger partial charge in [-0.1, -0.05) is 13.3 Å². The van der Waals surface area contributed by atoms with Crippen LogP contribution in [0.2, 0.25) is 0 Å². The van der Waals surface area contributed by atoms with Gasteiger partial charge in [0.25, 0.3) is 0 Å². The molecule has 0 aliphatic rings. The second-order valence-corrected chi connectivity index (χ2v) is 4.30. The predicted octanol–water partition coefficient (Wildman–Crippen LogP) is 3.40. The third kappa shape index (κ3) is 8.52. The van der Waals surface area contributed by atoms with Gasteiger partial charge >= 0.3 is 0 Å². The first-order valence-electron chi connectivity index (χ1n) is 5.83. The van der Waals surface area contributed by atoms with Crippen LogP contribution in [0.4, 0.5) is 0 Å². The molecule has 0 aliphatic heterocycles. The quantitative estimate of drug-likeness (QED) is 0.600. The van der Waals surface area contributed by atoms with Crippen LogP contribution in [0, 0.1) is 0 Å². The summed E-state index contributed by atoms with van der Waals surface area (Å²) in [7, 11) is 0. The Kier molecular flexibility index (Phi) is 8.20. The molecule has 0 radical (unpaired) electrons. The monoisotopic (exact) mass is 202 g/mol. The summed E-state index contributed by atoms with van der Waals surface area (Å²) in [6, 6.07) is 0. The third-order valence-electron chi connectivity index (χ3n) is 1.97. The van der Waals surface area contributed by atoms with E-state index in [0.717, 1.165) is 19.4 Å². The molecule has 0 aromatic carbocycles. The second kappa shape index (κ2) is 8.25. The van der Waals surface area contributed by atoms with Crippen LogP contribution in [-0.2, 0) is 9.47 Å². The van der Waals surface area contributed by atoms with Crippen molar-refractivity contribution in [1.29, 1.82) is 0 Å². The molecule has 0 saturated heterocycles. The van der Waals surface area contributed by atoms with E-state index in [1.54, 1.807) is 0 Å². The van der Waals surface area contributed by atoms with E-state index in [4.69, 9.17) is 9.47 Å². The third-order valence-corrected chi connectivity index (χ3v) is 1.97. The SMILES string of the molecule is CCCC(CCOC(C)C)OC(C)C. The van der Waals surface area contributed by atoms with E-state index >= 15 is 0 Å². The molecule has 0 amide bonds. The summed E-state index contributed by atoms with van der Waals surface area (Å²) >= 11 is 0. The van der Waals surface area contributed by atoms with Crippen LogP contribution in [0.25, 0.3) is 0 Å². The van der Waals surface area contributed by atoms with Gasteiger partial charge in [0.2, 0.25) is 0 Å². The standard InChI is InChI=1S/C12H26O2/c1-6-7-12(14-11(4)5)8-9-13-10(2)3/h10-12H,6-9H2,1-5H3. The van der Waals surface area contributed by atoms with Gasteiger partial charge in [0, 0.05) is 6.61 Å². The zero-order chi connectivity index (χ0) is 11.0. The first kappa shape index (κ1) is 13.9. The first-order valence-corrected chi connectivity index (χ1v) is 5.83. The Morgan fingerprint density at radius 2 is 1.57 bits per heavy atom. The van der Waals surface area contributed by atoms with Crippen LogP contribution < -0.4 is 0 Å². The molecular formula is C12H26O2. The van der Waals surface area contributed by atoms with Crippen molar-refractivity contribution in [3.63, 3.8) is 0 Å². The minimum atomic E-state index is 0.325. The van der Waals surface area contributed by atoms with E-state index in [9.17, 15) is 0 Å². The van der Waals surface area contributed by atoms with Crippen LogP contribution >= 0.6 is 0 Å². The molecule has 14 heavy (non-hydrogen) atoms. The fourth-order valence-electron chi connectivity index (χ4n) is 1.42. The molecule has 0 spiro atoms. The first-order chi connectivity index (χ1) is 6.56. The molecule has 0 N–H and O–H groups in total. The molecule has 86 valence electrons. The molecule has 0 rings (SSSR count). The summed E-state index contributed by atoms with van der Waals surface area (Å²) < 4.78 is 11.3. The van der Waals surface area contributed by atoms with Crippen LogP contribution in [-0.4, -0.2) is 24.9 Å². The zero-order valence-electron chi connectivity index (χ0n) is 10.4. The zero-order valence-corrected chi connectivity index (χ0v) is 10.4. The number of ether oxygens (including phenoxy) is 2. The summed E-state index contributed by atoms with van der Waals surface area (Å²) in [4.78, 5) is 0. The number of rotatable bonds is 8. The van der Waals surface area contributed by atoms with Gasteiger partial charge in [-0.3, -0.25) is 0 Å². The Morgan fingerprint density at radius 3 is 2.00 bits per heavy atom. The van der Waals surface area contributed by atoms with Gasteiger partial charge in [-0.25, -0.2) is 0 Å². The lowest BCUT2D eigenvalue weighted by molar-refractivity contribution is -0.0247. The second-order valence-electron chi connectivity index (χ2n) is 4.30. The van der Waals surface area contributed by atoms with Crippen molar-refractivity contribution in [3.8, 4) is 0 Å². The van der Waals surface area contributed by atoms with Crippen molar-refractivity contribution in [2.24, 2.45) is 0 Å². The molecule has 0 heterocycles. The van der Waals surface area contributed by atoms with E-state index in [1.165, 1.54) is 6.42 Å². The van der Waals surface area contributed by atoms with E-state index in [2.05, 4.69) is 34.6 Å². The average molecular weight is 202 g/mol. The lowest BCUT2D eigenvalue weighted by Crippen LogP contribution is -2.20. The van der Waals surface area contributed by atoms with E-state index in [1.807, 2.05) is 0 Å². The molecule has 1 unspecified atom stereocenters. The minimum Gasteiger partial charge on any atom is -0.379 e. The van der Waals surface area contributed by atoms with E-state index < -0.39 is 0 Å². The molecule has 0 saturated carbocycles. The summed E-state index contributed by atoms with van der Waals surface area (Å²) in [6.45, 7) is 11.3. The highest BCUT2D eigenvalue weighted by Gasteiger charge is 2.10. The van der Waals surface area contributed by atoms with Crippen LogP contribution in [0.3, 0.4) is 0 Å². The maximum Gasteiger partial charge on any atom is 0.0600 e. The molecule has 1 atom stereocenters. The maximum atomic E-state index is 5.79. The van der Waals surface area contributed by atoms with Gasteiger partial charge in [0.05, 0.1) is 18.3 Å². The lowest BCUT2D eigenvalue weighted by Gasteiger charge is -2.20. The largest absolute Gasteiger partial charge is 0.379 e. The fraction of sp³-hybridized carbons (Fsp3) is 1.00. The fourth-order valence-corrected chi connectivity index (χ4v) is 1.42. The van der Waals surface area contributed by atoms with Crippen LogP contribution in [0.1, 0.15) is 53.9 Å². The highest BCUT2D eigenvalue weighted by molar-refractivity contribution is 4.59. The van der Waals surface area contributed by atoms with Crippen molar-refractivity contribution in [3.05, 3.63) is 0 Å². The Hall–Kier alpha value is -0.0800. The van der Waals surface area contributed by atoms with Crippen molar-refractivity contribution in [2.75, 3.05) is 6.61 Å². The topological polar surface area (TPSA) is 18.5 Å². The Bertz CT molecular complexity index is 121. The molecule has 0 bridgehead atoms. The van der Waals surface area contributed by atoms with Gasteiger partial charge in [-0.15, -0.1) is 0 Å². The maximum absolute atomic E-state index is 5.79. The van der Waals surface area contributed by atoms with Gasteiger partial charge in [0.1, 0.15) is 0 Å². The molecular weight excluding hydrogens is 176 g/mol. The van der Waals surface area contributed by atoms with Gasteiger partial charge in [-0.05, 0) is 40.5 Å². The predicted molar refractivity (Wildman–Crippen MR) is 60.6 cm³/mol. The molecule has 0 aromatic rings. The Morgan fingerprint density at radius 1 is 0.929 bits per heavy atom. The van der Waals surface area contributed by atoms with Crippen LogP contribution in [0.5, 0.6) is 0 Å². The number of hydrogen-bond donors (Lipinski definition) is 0. The smallest absolute Gasteiger partial charge is 0.0600 e. The van der Waals surface area contributed by atoms with Crippen molar-refractivity contribution < 1.29 is 9.47 Å². The summed E-state index contributed by atoms with van der Waals surface area (Å²) in [5.41, 5.74) is 0. The minimum absolute atomic E-state index is 0.325. The molecule has 0 aromatic heterocycles. The van der Waals surface area contributed by atoms with Crippen molar-refractivity contribution in [1.82, 2.24) is 0 Å². The summed E-state index contributed by atoms with van der Waals surface area (Å²) in [5, 5.41) is 0. The summed E-state index contributed by atoms with van der Waals surface area (Å²) in [5.74, 6) is 0. The van der Waals surface area contributed by atoms with E-state index in [-0.39, 0.29) is 0 Å². The summed E-state index contributed by atoms with van der Waals surface area (Å²) in [6.07, 6.45) is 4.36. The van der Waals surface area contributed by atoms with Crippen molar-refractivity contribution >= 4 is 0 Å². The van der Waals surface area contributed by atoms with Gasteiger partial charge in [-0.2, -0.15) is 0 Å². The molecule has 0 aliphatic carbocycles.